The first-order valence-corrected chi connectivity index (χ1v) is 9.27. The highest BCUT2D eigenvalue weighted by atomic mass is 35.5. The van der Waals surface area contributed by atoms with Gasteiger partial charge < -0.3 is 5.32 Å². The van der Waals surface area contributed by atoms with Crippen LogP contribution in [0.4, 0.5) is 11.4 Å². The number of carbonyl (C=O) groups excluding carboxylic acids is 1. The topological polar surface area (TPSA) is 90.1 Å². The largest absolute Gasteiger partial charge is 0.324 e. The Kier molecular flexibility index (Phi) is 5.78. The number of aryl methyl sites for hydroxylation is 1. The van der Waals surface area contributed by atoms with Crippen LogP contribution in [0, 0.1) is 17.0 Å². The number of halogens is 1. The Balaban J connectivity index is 1.65. The molecule has 3 aromatic rings. The number of carbonyl (C=O) groups is 1. The van der Waals surface area contributed by atoms with Crippen LogP contribution in [0.3, 0.4) is 0 Å². The van der Waals surface area contributed by atoms with Gasteiger partial charge in [0.1, 0.15) is 0 Å². The second-order valence-electron chi connectivity index (χ2n) is 5.68. The normalized spacial score (nSPS) is 10.6. The third-order valence-electron chi connectivity index (χ3n) is 3.66. The van der Waals surface area contributed by atoms with E-state index < -0.39 is 4.92 Å². The molecule has 3 rings (SSSR count). The van der Waals surface area contributed by atoms with Gasteiger partial charge in [-0.1, -0.05) is 35.5 Å². The van der Waals surface area contributed by atoms with E-state index in [0.717, 1.165) is 11.3 Å². The van der Waals surface area contributed by atoms with Crippen LogP contribution in [-0.4, -0.2) is 26.1 Å². The molecule has 0 spiro atoms. The standard InChI is InChI=1S/C18H15ClN4O3S/c1-12-3-2-4-13(9-12)22-8-7-20-18(22)27-11-17(24)21-16-6-5-14(23(25)26)10-15(16)19/h2-10H,11H2,1H3,(H,21,24). The Morgan fingerprint density at radius 1 is 1.33 bits per heavy atom. The lowest BCUT2D eigenvalue weighted by Gasteiger charge is -2.09. The van der Waals surface area contributed by atoms with Gasteiger partial charge in [0.25, 0.3) is 5.69 Å². The van der Waals surface area contributed by atoms with Gasteiger partial charge in [0.15, 0.2) is 5.16 Å². The Morgan fingerprint density at radius 3 is 2.85 bits per heavy atom. The molecule has 0 unspecified atom stereocenters. The number of thioether (sulfide) groups is 1. The fourth-order valence-corrected chi connectivity index (χ4v) is 3.40. The minimum Gasteiger partial charge on any atom is -0.324 e. The molecule has 9 heteroatoms. The lowest BCUT2D eigenvalue weighted by Crippen LogP contribution is -2.15. The number of aromatic nitrogens is 2. The summed E-state index contributed by atoms with van der Waals surface area (Å²) < 4.78 is 1.91. The van der Waals surface area contributed by atoms with E-state index in [1.165, 1.54) is 30.0 Å². The van der Waals surface area contributed by atoms with Gasteiger partial charge in [-0.15, -0.1) is 0 Å². The molecule has 1 N–H and O–H groups in total. The number of imidazole rings is 1. The molecule has 0 saturated carbocycles. The van der Waals surface area contributed by atoms with Crippen molar-refractivity contribution in [2.75, 3.05) is 11.1 Å². The van der Waals surface area contributed by atoms with Crippen molar-refractivity contribution < 1.29 is 9.72 Å². The molecule has 138 valence electrons. The van der Waals surface area contributed by atoms with E-state index in [4.69, 9.17) is 11.6 Å². The van der Waals surface area contributed by atoms with Crippen LogP contribution in [0.15, 0.2) is 60.0 Å². The Bertz CT molecular complexity index is 1010. The predicted octanol–water partition coefficient (Wildman–Crippen LogP) is 4.47. The lowest BCUT2D eigenvalue weighted by atomic mass is 10.2. The van der Waals surface area contributed by atoms with Crippen molar-refractivity contribution in [1.82, 2.24) is 9.55 Å². The maximum absolute atomic E-state index is 12.2. The number of nitrogens with one attached hydrogen (secondary N) is 1. The molecule has 0 bridgehead atoms. The highest BCUT2D eigenvalue weighted by molar-refractivity contribution is 7.99. The van der Waals surface area contributed by atoms with Crippen molar-refractivity contribution in [3.8, 4) is 5.69 Å². The average Bonchev–Trinajstić information content (AvgIpc) is 3.10. The summed E-state index contributed by atoms with van der Waals surface area (Å²) in [7, 11) is 0. The van der Waals surface area contributed by atoms with Gasteiger partial charge in [-0.25, -0.2) is 4.98 Å². The number of nitro benzene ring substituents is 1. The fourth-order valence-electron chi connectivity index (χ4n) is 2.41. The van der Waals surface area contributed by atoms with Gasteiger partial charge in [0, 0.05) is 30.2 Å². The molecule has 0 radical (unpaired) electrons. The monoisotopic (exact) mass is 402 g/mol. The highest BCUT2D eigenvalue weighted by Gasteiger charge is 2.13. The Morgan fingerprint density at radius 2 is 2.15 bits per heavy atom. The van der Waals surface area contributed by atoms with Crippen LogP contribution in [0.2, 0.25) is 5.02 Å². The summed E-state index contributed by atoms with van der Waals surface area (Å²) in [5, 5.41) is 14.2. The van der Waals surface area contributed by atoms with Crippen LogP contribution in [-0.2, 0) is 4.79 Å². The van der Waals surface area contributed by atoms with Crippen molar-refractivity contribution >= 4 is 40.6 Å². The molecule has 1 amide bonds. The highest BCUT2D eigenvalue weighted by Crippen LogP contribution is 2.27. The third-order valence-corrected chi connectivity index (χ3v) is 4.94. The second kappa shape index (κ2) is 8.24. The van der Waals surface area contributed by atoms with Crippen molar-refractivity contribution in [2.45, 2.75) is 12.1 Å². The first kappa shape index (κ1) is 18.9. The molecule has 2 aromatic carbocycles. The zero-order chi connectivity index (χ0) is 19.4. The van der Waals surface area contributed by atoms with Crippen LogP contribution >= 0.6 is 23.4 Å². The summed E-state index contributed by atoms with van der Waals surface area (Å²) in [6.45, 7) is 2.01. The number of benzene rings is 2. The van der Waals surface area contributed by atoms with Crippen molar-refractivity contribution in [3.05, 3.63) is 75.6 Å². The molecule has 0 saturated heterocycles. The number of nitrogens with zero attached hydrogens (tertiary/aromatic N) is 3. The molecule has 0 atom stereocenters. The van der Waals surface area contributed by atoms with E-state index in [0.29, 0.717) is 10.8 Å². The maximum Gasteiger partial charge on any atom is 0.271 e. The quantitative estimate of drug-likeness (QED) is 0.373. The molecule has 1 heterocycles. The summed E-state index contributed by atoms with van der Waals surface area (Å²) >= 11 is 7.28. The third kappa shape index (κ3) is 4.66. The van der Waals surface area contributed by atoms with E-state index >= 15 is 0 Å². The van der Waals surface area contributed by atoms with Crippen molar-refractivity contribution in [2.24, 2.45) is 0 Å². The minimum absolute atomic E-state index is 0.115. The Labute approximate surface area is 164 Å². The predicted molar refractivity (Wildman–Crippen MR) is 106 cm³/mol. The SMILES string of the molecule is Cc1cccc(-n2ccnc2SCC(=O)Nc2ccc([N+](=O)[O-])cc2Cl)c1. The van der Waals surface area contributed by atoms with Gasteiger partial charge >= 0.3 is 0 Å². The van der Waals surface area contributed by atoms with Gasteiger partial charge in [-0.2, -0.15) is 0 Å². The van der Waals surface area contributed by atoms with Gasteiger partial charge in [-0.05, 0) is 30.7 Å². The summed E-state index contributed by atoms with van der Waals surface area (Å²) in [5.41, 5.74) is 2.29. The second-order valence-corrected chi connectivity index (χ2v) is 7.03. The first-order valence-electron chi connectivity index (χ1n) is 7.91. The zero-order valence-electron chi connectivity index (χ0n) is 14.3. The number of nitro groups is 1. The average molecular weight is 403 g/mol. The number of amides is 1. The molecule has 7 nitrogen and oxygen atoms in total. The van der Waals surface area contributed by atoms with Crippen LogP contribution in [0.25, 0.3) is 5.69 Å². The molecule has 1 aromatic heterocycles. The molecular formula is C18H15ClN4O3S. The number of rotatable bonds is 6. The maximum atomic E-state index is 12.2. The van der Waals surface area contributed by atoms with Crippen LogP contribution in [0.1, 0.15) is 5.56 Å². The van der Waals surface area contributed by atoms with E-state index in [-0.39, 0.29) is 22.4 Å². The molecule has 27 heavy (non-hydrogen) atoms. The smallest absolute Gasteiger partial charge is 0.271 e. The zero-order valence-corrected chi connectivity index (χ0v) is 15.8. The number of hydrogen-bond donors (Lipinski definition) is 1. The van der Waals surface area contributed by atoms with E-state index in [1.807, 2.05) is 42.0 Å². The van der Waals surface area contributed by atoms with E-state index in [2.05, 4.69) is 10.3 Å². The van der Waals surface area contributed by atoms with Gasteiger partial charge in [0.05, 0.1) is 21.4 Å². The minimum atomic E-state index is -0.543. The van der Waals surface area contributed by atoms with Gasteiger partial charge in [-0.3, -0.25) is 19.5 Å². The van der Waals surface area contributed by atoms with E-state index in [1.54, 1.807) is 6.20 Å². The van der Waals surface area contributed by atoms with Crippen molar-refractivity contribution in [1.29, 1.82) is 0 Å². The molecule has 0 fully saturated rings. The summed E-state index contributed by atoms with van der Waals surface area (Å²) in [4.78, 5) is 26.7. The fraction of sp³-hybridized carbons (Fsp3) is 0.111. The van der Waals surface area contributed by atoms with E-state index in [9.17, 15) is 14.9 Å². The van der Waals surface area contributed by atoms with Crippen LogP contribution < -0.4 is 5.32 Å². The Hall–Kier alpha value is -2.84. The molecular weight excluding hydrogens is 388 g/mol. The van der Waals surface area contributed by atoms with Crippen LogP contribution in [0.5, 0.6) is 0 Å². The molecule has 0 aliphatic heterocycles. The first-order chi connectivity index (χ1) is 12.9. The summed E-state index contributed by atoms with van der Waals surface area (Å²) in [6.07, 6.45) is 3.51. The summed E-state index contributed by atoms with van der Waals surface area (Å²) in [6, 6.07) is 11.9. The lowest BCUT2D eigenvalue weighted by molar-refractivity contribution is -0.384. The number of hydrogen-bond acceptors (Lipinski definition) is 5. The van der Waals surface area contributed by atoms with Crippen molar-refractivity contribution in [3.63, 3.8) is 0 Å². The van der Waals surface area contributed by atoms with Gasteiger partial charge in [0.2, 0.25) is 5.91 Å². The number of non-ortho nitro benzene ring substituents is 1. The molecule has 0 aliphatic carbocycles. The number of anilines is 1. The summed E-state index contributed by atoms with van der Waals surface area (Å²) in [5.74, 6) is -0.162. The molecule has 0 aliphatic rings.